The van der Waals surface area contributed by atoms with Crippen LogP contribution in [0, 0.1) is 0 Å². The highest BCUT2D eigenvalue weighted by atomic mass is 79.9. The van der Waals surface area contributed by atoms with Crippen molar-refractivity contribution < 1.29 is 4.74 Å². The van der Waals surface area contributed by atoms with Crippen LogP contribution in [0.15, 0.2) is 53.0 Å². The Morgan fingerprint density at radius 1 is 1.05 bits per heavy atom. The zero-order chi connectivity index (χ0) is 13.7. The standard InChI is InChI=1S/C16H18BrNO/c1-3-16(12-4-6-13(17)7-5-12)18-14-8-10-15(19-2)11-9-14/h4-11,16,18H,3H2,1-2H3. The Balaban J connectivity index is 2.11. The number of hydrogen-bond acceptors (Lipinski definition) is 2. The molecular formula is C16H18BrNO. The Kier molecular flexibility index (Phi) is 4.86. The van der Waals surface area contributed by atoms with Crippen LogP contribution in [-0.2, 0) is 0 Å². The van der Waals surface area contributed by atoms with Gasteiger partial charge in [0.05, 0.1) is 13.2 Å². The maximum atomic E-state index is 5.17. The zero-order valence-corrected chi connectivity index (χ0v) is 12.8. The molecule has 0 bridgehead atoms. The third kappa shape index (κ3) is 3.74. The summed E-state index contributed by atoms with van der Waals surface area (Å²) in [6.07, 6.45) is 1.04. The summed E-state index contributed by atoms with van der Waals surface area (Å²) >= 11 is 3.46. The molecule has 19 heavy (non-hydrogen) atoms. The fourth-order valence-corrected chi connectivity index (χ4v) is 2.27. The predicted molar refractivity (Wildman–Crippen MR) is 83.8 cm³/mol. The first kappa shape index (κ1) is 13.9. The van der Waals surface area contributed by atoms with Crippen LogP contribution < -0.4 is 10.1 Å². The van der Waals surface area contributed by atoms with E-state index in [4.69, 9.17) is 4.74 Å². The molecule has 0 heterocycles. The number of benzene rings is 2. The summed E-state index contributed by atoms with van der Waals surface area (Å²) in [5.74, 6) is 0.877. The molecule has 0 saturated heterocycles. The van der Waals surface area contributed by atoms with Gasteiger partial charge in [-0.15, -0.1) is 0 Å². The summed E-state index contributed by atoms with van der Waals surface area (Å²) in [7, 11) is 1.68. The smallest absolute Gasteiger partial charge is 0.119 e. The summed E-state index contributed by atoms with van der Waals surface area (Å²) in [6.45, 7) is 2.18. The van der Waals surface area contributed by atoms with Crippen LogP contribution >= 0.6 is 15.9 Å². The van der Waals surface area contributed by atoms with Crippen LogP contribution in [0.4, 0.5) is 5.69 Å². The molecule has 0 aliphatic carbocycles. The van der Waals surface area contributed by atoms with E-state index in [1.165, 1.54) is 5.56 Å². The number of nitrogens with one attached hydrogen (secondary N) is 1. The topological polar surface area (TPSA) is 21.3 Å². The molecule has 2 nitrogen and oxygen atoms in total. The molecule has 0 fully saturated rings. The van der Waals surface area contributed by atoms with Gasteiger partial charge in [-0.3, -0.25) is 0 Å². The second kappa shape index (κ2) is 6.62. The lowest BCUT2D eigenvalue weighted by atomic mass is 10.0. The first-order valence-electron chi connectivity index (χ1n) is 6.39. The van der Waals surface area contributed by atoms with E-state index in [-0.39, 0.29) is 0 Å². The number of halogens is 1. The highest BCUT2D eigenvalue weighted by Crippen LogP contribution is 2.25. The van der Waals surface area contributed by atoms with Crippen molar-refractivity contribution in [3.63, 3.8) is 0 Å². The molecule has 100 valence electrons. The highest BCUT2D eigenvalue weighted by Gasteiger charge is 2.08. The van der Waals surface area contributed by atoms with Crippen LogP contribution in [0.5, 0.6) is 5.75 Å². The third-order valence-corrected chi connectivity index (χ3v) is 3.64. The third-order valence-electron chi connectivity index (χ3n) is 3.11. The van der Waals surface area contributed by atoms with Gasteiger partial charge in [0.15, 0.2) is 0 Å². The molecule has 1 N–H and O–H groups in total. The van der Waals surface area contributed by atoms with Gasteiger partial charge in [-0.05, 0) is 48.4 Å². The van der Waals surface area contributed by atoms with E-state index in [1.54, 1.807) is 7.11 Å². The Hall–Kier alpha value is -1.48. The van der Waals surface area contributed by atoms with Crippen molar-refractivity contribution >= 4 is 21.6 Å². The van der Waals surface area contributed by atoms with E-state index in [9.17, 15) is 0 Å². The zero-order valence-electron chi connectivity index (χ0n) is 11.2. The van der Waals surface area contributed by atoms with Gasteiger partial charge in [0.25, 0.3) is 0 Å². The second-order valence-electron chi connectivity index (χ2n) is 4.39. The Morgan fingerprint density at radius 3 is 2.21 bits per heavy atom. The highest BCUT2D eigenvalue weighted by molar-refractivity contribution is 9.10. The summed E-state index contributed by atoms with van der Waals surface area (Å²) in [4.78, 5) is 0. The molecular weight excluding hydrogens is 302 g/mol. The van der Waals surface area contributed by atoms with Crippen molar-refractivity contribution in [2.75, 3.05) is 12.4 Å². The van der Waals surface area contributed by atoms with Crippen LogP contribution in [0.2, 0.25) is 0 Å². The van der Waals surface area contributed by atoms with Crippen molar-refractivity contribution in [1.82, 2.24) is 0 Å². The quantitative estimate of drug-likeness (QED) is 0.835. The average Bonchev–Trinajstić information content (AvgIpc) is 2.46. The number of rotatable bonds is 5. The van der Waals surface area contributed by atoms with Crippen molar-refractivity contribution in [2.45, 2.75) is 19.4 Å². The molecule has 2 aromatic rings. The largest absolute Gasteiger partial charge is 0.497 e. The van der Waals surface area contributed by atoms with Gasteiger partial charge in [0.2, 0.25) is 0 Å². The minimum Gasteiger partial charge on any atom is -0.497 e. The van der Waals surface area contributed by atoms with E-state index in [0.29, 0.717) is 6.04 Å². The Labute approximate surface area is 122 Å². The summed E-state index contributed by atoms with van der Waals surface area (Å²) in [5, 5.41) is 3.54. The number of anilines is 1. The van der Waals surface area contributed by atoms with Crippen LogP contribution in [0.25, 0.3) is 0 Å². The molecule has 0 aliphatic heterocycles. The van der Waals surface area contributed by atoms with Crippen molar-refractivity contribution in [3.8, 4) is 5.75 Å². The van der Waals surface area contributed by atoms with E-state index in [0.717, 1.165) is 22.3 Å². The SMILES string of the molecule is CCC(Nc1ccc(OC)cc1)c1ccc(Br)cc1. The number of methoxy groups -OCH3 is 1. The van der Waals surface area contributed by atoms with E-state index in [2.05, 4.69) is 52.4 Å². The fraction of sp³-hybridized carbons (Fsp3) is 0.250. The Morgan fingerprint density at radius 2 is 1.68 bits per heavy atom. The van der Waals surface area contributed by atoms with Crippen molar-refractivity contribution in [2.24, 2.45) is 0 Å². The summed E-state index contributed by atoms with van der Waals surface area (Å²) in [6, 6.07) is 16.8. The van der Waals surface area contributed by atoms with Crippen molar-refractivity contribution in [3.05, 3.63) is 58.6 Å². The molecule has 0 aliphatic rings. The van der Waals surface area contributed by atoms with Gasteiger partial charge in [-0.1, -0.05) is 35.0 Å². The van der Waals surface area contributed by atoms with Gasteiger partial charge in [0.1, 0.15) is 5.75 Å². The molecule has 0 amide bonds. The first-order chi connectivity index (χ1) is 9.22. The molecule has 1 atom stereocenters. The lowest BCUT2D eigenvalue weighted by molar-refractivity contribution is 0.415. The van der Waals surface area contributed by atoms with Crippen molar-refractivity contribution in [1.29, 1.82) is 0 Å². The minimum atomic E-state index is 0.321. The maximum absolute atomic E-state index is 5.17. The molecule has 0 radical (unpaired) electrons. The van der Waals surface area contributed by atoms with Crippen LogP contribution in [0.3, 0.4) is 0 Å². The first-order valence-corrected chi connectivity index (χ1v) is 7.18. The van der Waals surface area contributed by atoms with Gasteiger partial charge in [-0.2, -0.15) is 0 Å². The fourth-order valence-electron chi connectivity index (χ4n) is 2.00. The van der Waals surface area contributed by atoms with Gasteiger partial charge in [-0.25, -0.2) is 0 Å². The molecule has 2 rings (SSSR count). The molecule has 0 saturated carbocycles. The molecule has 2 aromatic carbocycles. The normalized spacial score (nSPS) is 11.9. The second-order valence-corrected chi connectivity index (χ2v) is 5.30. The molecule has 1 unspecified atom stereocenters. The van der Waals surface area contributed by atoms with E-state index < -0.39 is 0 Å². The van der Waals surface area contributed by atoms with Gasteiger partial charge >= 0.3 is 0 Å². The van der Waals surface area contributed by atoms with Crippen LogP contribution in [-0.4, -0.2) is 7.11 Å². The lowest BCUT2D eigenvalue weighted by Crippen LogP contribution is -2.09. The molecule has 0 aromatic heterocycles. The minimum absolute atomic E-state index is 0.321. The average molecular weight is 320 g/mol. The number of ether oxygens (including phenoxy) is 1. The Bertz CT molecular complexity index is 507. The van der Waals surface area contributed by atoms with Crippen LogP contribution in [0.1, 0.15) is 24.9 Å². The molecule has 0 spiro atoms. The predicted octanol–water partition coefficient (Wildman–Crippen LogP) is 5.02. The summed E-state index contributed by atoms with van der Waals surface area (Å²) in [5.41, 5.74) is 2.40. The van der Waals surface area contributed by atoms with E-state index in [1.807, 2.05) is 24.3 Å². The monoisotopic (exact) mass is 319 g/mol. The number of hydrogen-bond donors (Lipinski definition) is 1. The summed E-state index contributed by atoms with van der Waals surface area (Å²) < 4.78 is 6.27. The molecule has 3 heteroatoms. The van der Waals surface area contributed by atoms with E-state index >= 15 is 0 Å². The lowest BCUT2D eigenvalue weighted by Gasteiger charge is -2.19. The van der Waals surface area contributed by atoms with Gasteiger partial charge in [0, 0.05) is 10.2 Å². The maximum Gasteiger partial charge on any atom is 0.119 e. The van der Waals surface area contributed by atoms with Gasteiger partial charge < -0.3 is 10.1 Å².